The van der Waals surface area contributed by atoms with E-state index >= 15 is 0 Å². The van der Waals surface area contributed by atoms with Gasteiger partial charge in [0.15, 0.2) is 5.13 Å². The molecule has 9 heteroatoms. The predicted molar refractivity (Wildman–Crippen MR) is 107 cm³/mol. The minimum Gasteiger partial charge on any atom is -0.308 e. The van der Waals surface area contributed by atoms with Gasteiger partial charge in [0.05, 0.1) is 16.5 Å². The average Bonchev–Trinajstić information content (AvgIpc) is 2.94. The number of carbonyl (C=O) groups is 1. The lowest BCUT2D eigenvalue weighted by molar-refractivity contribution is 0.262. The van der Waals surface area contributed by atoms with Crippen LogP contribution in [0, 0.1) is 0 Å². The van der Waals surface area contributed by atoms with Crippen LogP contribution in [0.4, 0.5) is 21.3 Å². The topological polar surface area (TPSA) is 100 Å². The second kappa shape index (κ2) is 7.30. The molecule has 0 aliphatic heterocycles. The molecular formula is C17H18N4O3S2. The van der Waals surface area contributed by atoms with Crippen molar-refractivity contribution < 1.29 is 13.2 Å². The zero-order valence-electron chi connectivity index (χ0n) is 14.2. The molecule has 0 fully saturated rings. The second-order valence-corrected chi connectivity index (χ2v) is 8.44. The molecule has 0 radical (unpaired) electrons. The summed E-state index contributed by atoms with van der Waals surface area (Å²) in [6, 6.07) is 12.5. The summed E-state index contributed by atoms with van der Waals surface area (Å²) in [5.74, 6) is 0. The number of rotatable bonds is 5. The van der Waals surface area contributed by atoms with E-state index < -0.39 is 10.0 Å². The average molecular weight is 390 g/mol. The molecule has 1 aromatic heterocycles. The molecule has 0 unspecified atom stereocenters. The first-order valence-corrected chi connectivity index (χ1v) is 10.6. The van der Waals surface area contributed by atoms with Crippen LogP contribution < -0.4 is 15.4 Å². The maximum absolute atomic E-state index is 12.3. The Morgan fingerprint density at radius 1 is 1.15 bits per heavy atom. The fraction of sp³-hybridized carbons (Fsp3) is 0.176. The molecule has 0 atom stereocenters. The highest BCUT2D eigenvalue weighted by Crippen LogP contribution is 2.29. The minimum absolute atomic E-state index is 0.293. The number of anilines is 3. The normalized spacial score (nSPS) is 11.3. The molecule has 7 nitrogen and oxygen atoms in total. The molecule has 2 amide bonds. The maximum Gasteiger partial charge on any atom is 0.323 e. The molecule has 0 saturated carbocycles. The molecule has 3 aromatic rings. The maximum atomic E-state index is 12.3. The number of hydrogen-bond acceptors (Lipinski definition) is 5. The molecule has 26 heavy (non-hydrogen) atoms. The second-order valence-electron chi connectivity index (χ2n) is 5.67. The summed E-state index contributed by atoms with van der Waals surface area (Å²) in [4.78, 5) is 16.5. The smallest absolute Gasteiger partial charge is 0.308 e. The van der Waals surface area contributed by atoms with Crippen molar-refractivity contribution >= 4 is 54.1 Å². The van der Waals surface area contributed by atoms with Crippen LogP contribution in [0.5, 0.6) is 0 Å². The summed E-state index contributed by atoms with van der Waals surface area (Å²) in [7, 11) is -3.38. The number of carbonyl (C=O) groups excluding carboxylic acids is 1. The van der Waals surface area contributed by atoms with Crippen LogP contribution in [-0.4, -0.2) is 25.7 Å². The third-order valence-electron chi connectivity index (χ3n) is 3.57. The molecule has 2 aromatic carbocycles. The fourth-order valence-electron chi connectivity index (χ4n) is 2.44. The first kappa shape index (κ1) is 18.2. The van der Waals surface area contributed by atoms with Gasteiger partial charge in [0, 0.05) is 11.4 Å². The Hall–Kier alpha value is -2.65. The number of benzene rings is 2. The first-order chi connectivity index (χ1) is 12.3. The fourth-order valence-corrected chi connectivity index (χ4v) is 4.18. The van der Waals surface area contributed by atoms with E-state index in [0.717, 1.165) is 28.6 Å². The van der Waals surface area contributed by atoms with Crippen molar-refractivity contribution in [2.45, 2.75) is 13.3 Å². The number of hydrogen-bond donors (Lipinski definition) is 3. The van der Waals surface area contributed by atoms with E-state index in [4.69, 9.17) is 0 Å². The highest BCUT2D eigenvalue weighted by atomic mass is 32.2. The SMILES string of the molecule is CCc1ccccc1NC(=O)Nc1ccc2nc(NS(C)(=O)=O)sc2c1. The number of aryl methyl sites for hydroxylation is 1. The molecule has 3 rings (SSSR count). The summed E-state index contributed by atoms with van der Waals surface area (Å²) in [6.07, 6.45) is 1.89. The van der Waals surface area contributed by atoms with Crippen LogP contribution in [0.3, 0.4) is 0 Å². The van der Waals surface area contributed by atoms with Gasteiger partial charge in [-0.05, 0) is 36.2 Å². The number of sulfonamides is 1. The van der Waals surface area contributed by atoms with E-state index in [0.29, 0.717) is 16.3 Å². The standard InChI is InChI=1S/C17H18N4O3S2/c1-3-11-6-4-5-7-13(11)19-16(22)18-12-8-9-14-15(10-12)25-17(20-14)21-26(2,23)24/h4-10H,3H2,1-2H3,(H,20,21)(H2,18,19,22). The number of amides is 2. The highest BCUT2D eigenvalue weighted by molar-refractivity contribution is 7.92. The quantitative estimate of drug-likeness (QED) is 0.615. The molecule has 0 saturated heterocycles. The number of nitrogens with zero attached hydrogens (tertiary/aromatic N) is 1. The van der Waals surface area contributed by atoms with Gasteiger partial charge < -0.3 is 10.6 Å². The summed E-state index contributed by atoms with van der Waals surface area (Å²) >= 11 is 1.20. The van der Waals surface area contributed by atoms with Crippen LogP contribution in [-0.2, 0) is 16.4 Å². The van der Waals surface area contributed by atoms with E-state index in [1.165, 1.54) is 11.3 Å². The Balaban J connectivity index is 1.75. The third-order valence-corrected chi connectivity index (χ3v) is 5.19. The summed E-state index contributed by atoms with van der Waals surface area (Å²) in [5, 5.41) is 5.91. The monoisotopic (exact) mass is 390 g/mol. The van der Waals surface area contributed by atoms with Crippen molar-refractivity contribution in [1.82, 2.24) is 4.98 Å². The van der Waals surface area contributed by atoms with Crippen LogP contribution >= 0.6 is 11.3 Å². The number of nitrogens with one attached hydrogen (secondary N) is 3. The van der Waals surface area contributed by atoms with Gasteiger partial charge in [-0.2, -0.15) is 0 Å². The zero-order valence-corrected chi connectivity index (χ0v) is 15.9. The van der Waals surface area contributed by atoms with Crippen molar-refractivity contribution in [3.63, 3.8) is 0 Å². The van der Waals surface area contributed by atoms with Gasteiger partial charge in [-0.3, -0.25) is 4.72 Å². The highest BCUT2D eigenvalue weighted by Gasteiger charge is 2.10. The first-order valence-electron chi connectivity index (χ1n) is 7.88. The third kappa shape index (κ3) is 4.50. The number of fused-ring (bicyclic) bond motifs is 1. The molecular weight excluding hydrogens is 372 g/mol. The number of urea groups is 1. The lowest BCUT2D eigenvalue weighted by Gasteiger charge is -2.10. The van der Waals surface area contributed by atoms with Crippen molar-refractivity contribution in [1.29, 1.82) is 0 Å². The molecule has 136 valence electrons. The van der Waals surface area contributed by atoms with Gasteiger partial charge in [-0.25, -0.2) is 18.2 Å². The predicted octanol–water partition coefficient (Wildman–Crippen LogP) is 3.87. The minimum atomic E-state index is -3.38. The Morgan fingerprint density at radius 3 is 2.65 bits per heavy atom. The Labute approximate surface area is 155 Å². The Bertz CT molecular complexity index is 1060. The summed E-state index contributed by atoms with van der Waals surface area (Å²) < 4.78 is 25.7. The summed E-state index contributed by atoms with van der Waals surface area (Å²) in [6.45, 7) is 2.03. The molecule has 0 aliphatic rings. The van der Waals surface area contributed by atoms with E-state index in [-0.39, 0.29) is 6.03 Å². The largest absolute Gasteiger partial charge is 0.323 e. The zero-order chi connectivity index (χ0) is 18.7. The van der Waals surface area contributed by atoms with Crippen LogP contribution in [0.25, 0.3) is 10.2 Å². The van der Waals surface area contributed by atoms with E-state index in [1.807, 2.05) is 31.2 Å². The molecule has 0 aliphatic carbocycles. The van der Waals surface area contributed by atoms with Crippen molar-refractivity contribution in [3.05, 3.63) is 48.0 Å². The molecule has 3 N–H and O–H groups in total. The van der Waals surface area contributed by atoms with Crippen molar-refractivity contribution in [3.8, 4) is 0 Å². The van der Waals surface area contributed by atoms with Crippen LogP contribution in [0.15, 0.2) is 42.5 Å². The molecule has 0 spiro atoms. The number of para-hydroxylation sites is 1. The Kier molecular flexibility index (Phi) is 5.10. The van der Waals surface area contributed by atoms with Crippen LogP contribution in [0.2, 0.25) is 0 Å². The summed E-state index contributed by atoms with van der Waals surface area (Å²) in [5.41, 5.74) is 3.07. The molecule has 1 heterocycles. The van der Waals surface area contributed by atoms with Gasteiger partial charge in [-0.15, -0.1) is 0 Å². The lowest BCUT2D eigenvalue weighted by Crippen LogP contribution is -2.20. The molecule has 0 bridgehead atoms. The Morgan fingerprint density at radius 2 is 1.92 bits per heavy atom. The van der Waals surface area contributed by atoms with Gasteiger partial charge in [-0.1, -0.05) is 36.5 Å². The van der Waals surface area contributed by atoms with Gasteiger partial charge >= 0.3 is 6.03 Å². The van der Waals surface area contributed by atoms with Gasteiger partial charge in [0.2, 0.25) is 10.0 Å². The van der Waals surface area contributed by atoms with E-state index in [1.54, 1.807) is 18.2 Å². The number of aromatic nitrogens is 1. The van der Waals surface area contributed by atoms with Gasteiger partial charge in [0.1, 0.15) is 0 Å². The van der Waals surface area contributed by atoms with Crippen LogP contribution in [0.1, 0.15) is 12.5 Å². The number of thiazole rings is 1. The van der Waals surface area contributed by atoms with Gasteiger partial charge in [0.25, 0.3) is 0 Å². The lowest BCUT2D eigenvalue weighted by atomic mass is 10.1. The van der Waals surface area contributed by atoms with E-state index in [9.17, 15) is 13.2 Å². The van der Waals surface area contributed by atoms with Crippen molar-refractivity contribution in [2.24, 2.45) is 0 Å². The van der Waals surface area contributed by atoms with Crippen molar-refractivity contribution in [2.75, 3.05) is 21.6 Å². The van der Waals surface area contributed by atoms with E-state index in [2.05, 4.69) is 20.3 Å².